The third-order valence-corrected chi connectivity index (χ3v) is 4.22. The van der Waals surface area contributed by atoms with Crippen molar-refractivity contribution in [3.63, 3.8) is 0 Å². The Bertz CT molecular complexity index is 725. The Labute approximate surface area is 174 Å². The van der Waals surface area contributed by atoms with Gasteiger partial charge in [0.25, 0.3) is 0 Å². The maximum absolute atomic E-state index is 12.5. The number of carboxylic acids is 1. The maximum Gasteiger partial charge on any atom is 0.326 e. The van der Waals surface area contributed by atoms with E-state index in [2.05, 4.69) is 16.0 Å². The van der Waals surface area contributed by atoms with E-state index >= 15 is 0 Å². The molecule has 0 fully saturated rings. The Morgan fingerprint density at radius 1 is 0.933 bits per heavy atom. The molecule has 1 aromatic carbocycles. The van der Waals surface area contributed by atoms with Crippen LogP contribution in [0.3, 0.4) is 0 Å². The van der Waals surface area contributed by atoms with Crippen molar-refractivity contribution in [1.82, 2.24) is 16.0 Å². The molecule has 3 amide bonds. The zero-order chi connectivity index (χ0) is 22.5. The fourth-order valence-electron chi connectivity index (χ4n) is 2.62. The molecule has 0 spiro atoms. The minimum Gasteiger partial charge on any atom is -0.508 e. The number of benzene rings is 1. The van der Waals surface area contributed by atoms with E-state index in [4.69, 9.17) is 11.5 Å². The smallest absolute Gasteiger partial charge is 0.326 e. The molecule has 2 unspecified atom stereocenters. The predicted molar refractivity (Wildman–Crippen MR) is 108 cm³/mol. The number of carbonyl (C=O) groups is 4. The largest absolute Gasteiger partial charge is 0.508 e. The number of phenolic OH excluding ortho intramolecular Hbond substituents is 1. The molecule has 0 heterocycles. The Morgan fingerprint density at radius 3 is 2.13 bits per heavy atom. The summed E-state index contributed by atoms with van der Waals surface area (Å²) in [5.41, 5.74) is 11.3. The number of nitrogens with one attached hydrogen (secondary N) is 3. The van der Waals surface area contributed by atoms with Crippen LogP contribution in [0.15, 0.2) is 24.3 Å². The fraction of sp³-hybridized carbons (Fsp3) is 0.474. The van der Waals surface area contributed by atoms with Gasteiger partial charge in [0.15, 0.2) is 0 Å². The van der Waals surface area contributed by atoms with Crippen molar-refractivity contribution in [1.29, 1.82) is 0 Å². The Morgan fingerprint density at radius 2 is 1.57 bits per heavy atom. The van der Waals surface area contributed by atoms with Crippen LogP contribution in [-0.4, -0.2) is 65.6 Å². The van der Waals surface area contributed by atoms with Gasteiger partial charge in [-0.1, -0.05) is 12.1 Å². The van der Waals surface area contributed by atoms with Crippen LogP contribution < -0.4 is 27.4 Å². The first-order chi connectivity index (χ1) is 14.3. The highest BCUT2D eigenvalue weighted by Crippen LogP contribution is 2.11. The Hall–Kier alpha value is -3.18. The van der Waals surface area contributed by atoms with Gasteiger partial charge in [0, 0.05) is 6.42 Å². The number of carbonyl (C=O) groups excluding carboxylic acids is 3. The first-order valence-corrected chi connectivity index (χ1v) is 9.54. The number of carboxylic acid groups (broad SMARTS) is 1. The SMILES string of the molecule is NCCCCC(NC(=O)CNC(=O)C(Cc1ccc(O)cc1)NC(=O)CN)C(=O)O. The quantitative estimate of drug-likeness (QED) is 0.180. The molecule has 0 aliphatic carbocycles. The molecular formula is C19H29N5O6. The molecule has 2 atom stereocenters. The number of rotatable bonds is 13. The number of aromatic hydroxyl groups is 1. The van der Waals surface area contributed by atoms with Crippen LogP contribution in [0.5, 0.6) is 5.75 Å². The minimum absolute atomic E-state index is 0.0573. The summed E-state index contributed by atoms with van der Waals surface area (Å²) >= 11 is 0. The normalized spacial score (nSPS) is 12.5. The molecule has 0 bridgehead atoms. The van der Waals surface area contributed by atoms with E-state index < -0.39 is 42.3 Å². The highest BCUT2D eigenvalue weighted by atomic mass is 16.4. The van der Waals surface area contributed by atoms with Crippen LogP contribution in [0.25, 0.3) is 0 Å². The van der Waals surface area contributed by atoms with Crippen molar-refractivity contribution >= 4 is 23.7 Å². The maximum atomic E-state index is 12.5. The van der Waals surface area contributed by atoms with Crippen LogP contribution in [-0.2, 0) is 25.6 Å². The molecular weight excluding hydrogens is 394 g/mol. The number of phenols is 1. The van der Waals surface area contributed by atoms with Crippen LogP contribution in [0.1, 0.15) is 24.8 Å². The van der Waals surface area contributed by atoms with Gasteiger partial charge in [-0.25, -0.2) is 4.79 Å². The fourth-order valence-corrected chi connectivity index (χ4v) is 2.62. The van der Waals surface area contributed by atoms with Crippen LogP contribution >= 0.6 is 0 Å². The summed E-state index contributed by atoms with van der Waals surface area (Å²) < 4.78 is 0. The van der Waals surface area contributed by atoms with E-state index in [1.165, 1.54) is 12.1 Å². The Balaban J connectivity index is 2.66. The second kappa shape index (κ2) is 13.1. The number of nitrogens with two attached hydrogens (primary N) is 2. The monoisotopic (exact) mass is 423 g/mol. The molecule has 1 rings (SSSR count). The van der Waals surface area contributed by atoms with Crippen LogP contribution in [0.4, 0.5) is 0 Å². The summed E-state index contributed by atoms with van der Waals surface area (Å²) in [6.07, 6.45) is 1.51. The van der Waals surface area contributed by atoms with E-state index in [0.717, 1.165) is 0 Å². The molecule has 0 saturated carbocycles. The number of aliphatic carboxylic acids is 1. The molecule has 0 aliphatic heterocycles. The minimum atomic E-state index is -1.17. The van der Waals surface area contributed by atoms with Crippen molar-refractivity contribution in [3.05, 3.63) is 29.8 Å². The first-order valence-electron chi connectivity index (χ1n) is 9.54. The summed E-state index contributed by atoms with van der Waals surface area (Å²) in [6, 6.07) is 3.99. The van der Waals surface area contributed by atoms with Crippen molar-refractivity contribution in [2.45, 2.75) is 37.8 Å². The van der Waals surface area contributed by atoms with Gasteiger partial charge < -0.3 is 37.6 Å². The number of hydrogen-bond donors (Lipinski definition) is 7. The van der Waals surface area contributed by atoms with Crippen molar-refractivity contribution < 1.29 is 29.4 Å². The summed E-state index contributed by atoms with van der Waals surface area (Å²) in [7, 11) is 0. The topological polar surface area (TPSA) is 197 Å². The van der Waals surface area contributed by atoms with E-state index in [1.807, 2.05) is 0 Å². The van der Waals surface area contributed by atoms with Gasteiger partial charge in [0.05, 0.1) is 13.1 Å². The van der Waals surface area contributed by atoms with Gasteiger partial charge in [0.1, 0.15) is 17.8 Å². The lowest BCUT2D eigenvalue weighted by Gasteiger charge is -2.19. The lowest BCUT2D eigenvalue weighted by molar-refractivity contribution is -0.142. The molecule has 1 aromatic rings. The van der Waals surface area contributed by atoms with Gasteiger partial charge in [-0.15, -0.1) is 0 Å². The molecule has 0 saturated heterocycles. The van der Waals surface area contributed by atoms with Gasteiger partial charge in [-0.2, -0.15) is 0 Å². The summed E-state index contributed by atoms with van der Waals surface area (Å²) in [6.45, 7) is -0.347. The van der Waals surface area contributed by atoms with Gasteiger partial charge in [-0.05, 0) is 43.5 Å². The molecule has 0 aromatic heterocycles. The summed E-state index contributed by atoms with van der Waals surface area (Å²) in [5.74, 6) is -2.97. The van der Waals surface area contributed by atoms with Gasteiger partial charge in [-0.3, -0.25) is 14.4 Å². The molecule has 9 N–H and O–H groups in total. The van der Waals surface area contributed by atoms with Crippen LogP contribution in [0, 0.1) is 0 Å². The zero-order valence-corrected chi connectivity index (χ0v) is 16.6. The second-order valence-electron chi connectivity index (χ2n) is 6.66. The Kier molecular flexibility index (Phi) is 10.9. The van der Waals surface area contributed by atoms with Crippen LogP contribution in [0.2, 0.25) is 0 Å². The van der Waals surface area contributed by atoms with Crippen molar-refractivity contribution in [2.75, 3.05) is 19.6 Å². The second-order valence-corrected chi connectivity index (χ2v) is 6.66. The number of hydrogen-bond acceptors (Lipinski definition) is 7. The molecule has 166 valence electrons. The molecule has 11 nitrogen and oxygen atoms in total. The summed E-state index contributed by atoms with van der Waals surface area (Å²) in [4.78, 5) is 47.4. The average molecular weight is 423 g/mol. The highest BCUT2D eigenvalue weighted by Gasteiger charge is 2.23. The zero-order valence-electron chi connectivity index (χ0n) is 16.6. The first kappa shape index (κ1) is 24.9. The van der Waals surface area contributed by atoms with E-state index in [1.54, 1.807) is 12.1 Å². The molecule has 30 heavy (non-hydrogen) atoms. The third kappa shape index (κ3) is 9.34. The lowest BCUT2D eigenvalue weighted by Crippen LogP contribution is -2.52. The van der Waals surface area contributed by atoms with Crippen molar-refractivity contribution in [2.24, 2.45) is 11.5 Å². The van der Waals surface area contributed by atoms with Gasteiger partial charge in [0.2, 0.25) is 17.7 Å². The van der Waals surface area contributed by atoms with Crippen molar-refractivity contribution in [3.8, 4) is 5.75 Å². The highest BCUT2D eigenvalue weighted by molar-refractivity contribution is 5.92. The standard InChI is InChI=1S/C19H29N5O6/c20-8-2-1-3-14(19(29)30)23-17(27)11-22-18(28)15(24-16(26)10-21)9-12-4-6-13(25)7-5-12/h4-7,14-15,25H,1-3,8-11,20-21H2,(H,22,28)(H,23,27)(H,24,26)(H,29,30). The predicted octanol–water partition coefficient (Wildman–Crippen LogP) is -1.81. The third-order valence-electron chi connectivity index (χ3n) is 4.22. The number of unbranched alkanes of at least 4 members (excludes halogenated alkanes) is 1. The van der Waals surface area contributed by atoms with E-state index in [9.17, 15) is 29.4 Å². The van der Waals surface area contributed by atoms with Gasteiger partial charge >= 0.3 is 5.97 Å². The van der Waals surface area contributed by atoms with E-state index in [0.29, 0.717) is 24.9 Å². The van der Waals surface area contributed by atoms with E-state index in [-0.39, 0.29) is 25.1 Å². The molecule has 11 heteroatoms. The number of amides is 3. The lowest BCUT2D eigenvalue weighted by atomic mass is 10.0. The summed E-state index contributed by atoms with van der Waals surface area (Å²) in [5, 5.41) is 25.7. The molecule has 0 aliphatic rings. The molecule has 0 radical (unpaired) electrons. The average Bonchev–Trinajstić information content (AvgIpc) is 2.72.